The molecule has 0 unspecified atom stereocenters. The molecule has 1 amide bonds. The number of carbonyl (C=O) groups is 1. The van der Waals surface area contributed by atoms with Crippen LogP contribution in [0.2, 0.25) is 0 Å². The molecule has 0 bridgehead atoms. The number of nitrogens with one attached hydrogen (secondary N) is 1. The molecule has 0 radical (unpaired) electrons. The maximum Gasteiger partial charge on any atom is 0.251 e. The Balaban J connectivity index is 1.69. The Morgan fingerprint density at radius 2 is 1.85 bits per heavy atom. The second-order valence-corrected chi connectivity index (χ2v) is 8.34. The van der Waals surface area contributed by atoms with Gasteiger partial charge in [0.25, 0.3) is 5.91 Å². The summed E-state index contributed by atoms with van der Waals surface area (Å²) >= 11 is 0. The van der Waals surface area contributed by atoms with Crippen molar-refractivity contribution < 1.29 is 17.9 Å². The van der Waals surface area contributed by atoms with E-state index in [1.807, 2.05) is 31.2 Å². The Morgan fingerprint density at radius 1 is 1.11 bits per heavy atom. The van der Waals surface area contributed by atoms with Gasteiger partial charge >= 0.3 is 0 Å². The molecular formula is C20H24N2O4S. The van der Waals surface area contributed by atoms with E-state index in [1.165, 1.54) is 16.4 Å². The topological polar surface area (TPSA) is 75.7 Å². The summed E-state index contributed by atoms with van der Waals surface area (Å²) in [6, 6.07) is 13.7. The van der Waals surface area contributed by atoms with Gasteiger partial charge < -0.3 is 10.1 Å². The standard InChI is InChI=1S/C20H24N2O4S/c1-2-26-18-9-5-7-16(13-18)15-21-20(23)17-8-6-10-19(14-17)27(24,25)22-11-3-4-12-22/h5-10,13-14H,2-4,11-12,15H2,1H3,(H,21,23). The average Bonchev–Trinajstić information content (AvgIpc) is 3.22. The fourth-order valence-electron chi connectivity index (χ4n) is 3.07. The van der Waals surface area contributed by atoms with Crippen molar-refractivity contribution >= 4 is 15.9 Å². The van der Waals surface area contributed by atoms with E-state index in [9.17, 15) is 13.2 Å². The molecule has 1 saturated heterocycles. The van der Waals surface area contributed by atoms with E-state index in [-0.39, 0.29) is 10.8 Å². The molecule has 1 N–H and O–H groups in total. The van der Waals surface area contributed by atoms with E-state index < -0.39 is 10.0 Å². The molecule has 2 aromatic carbocycles. The number of ether oxygens (including phenoxy) is 1. The van der Waals surface area contributed by atoms with Gasteiger partial charge in [-0.2, -0.15) is 4.31 Å². The van der Waals surface area contributed by atoms with Crippen LogP contribution in [0.3, 0.4) is 0 Å². The predicted octanol–water partition coefficient (Wildman–Crippen LogP) is 2.80. The van der Waals surface area contributed by atoms with E-state index in [1.54, 1.807) is 12.1 Å². The number of hydrogen-bond acceptors (Lipinski definition) is 4. The average molecular weight is 388 g/mol. The smallest absolute Gasteiger partial charge is 0.251 e. The van der Waals surface area contributed by atoms with E-state index in [0.717, 1.165) is 24.2 Å². The summed E-state index contributed by atoms with van der Waals surface area (Å²) in [4.78, 5) is 12.6. The molecule has 0 aromatic heterocycles. The summed E-state index contributed by atoms with van der Waals surface area (Å²) in [6.45, 7) is 3.90. The summed E-state index contributed by atoms with van der Waals surface area (Å²) in [5, 5.41) is 2.83. The van der Waals surface area contributed by atoms with Crippen LogP contribution in [0, 0.1) is 0 Å². The second-order valence-electron chi connectivity index (χ2n) is 6.40. The molecule has 27 heavy (non-hydrogen) atoms. The lowest BCUT2D eigenvalue weighted by molar-refractivity contribution is 0.0950. The molecule has 0 saturated carbocycles. The zero-order chi connectivity index (χ0) is 19.3. The number of hydrogen-bond donors (Lipinski definition) is 1. The summed E-state index contributed by atoms with van der Waals surface area (Å²) in [6.07, 6.45) is 1.75. The number of sulfonamides is 1. The van der Waals surface area contributed by atoms with E-state index in [2.05, 4.69) is 5.32 Å². The number of nitrogens with zero attached hydrogens (tertiary/aromatic N) is 1. The van der Waals surface area contributed by atoms with Crippen LogP contribution in [-0.2, 0) is 16.6 Å². The van der Waals surface area contributed by atoms with Gasteiger partial charge in [-0.05, 0) is 55.7 Å². The zero-order valence-electron chi connectivity index (χ0n) is 15.3. The number of carbonyl (C=O) groups excluding carboxylic acids is 1. The van der Waals surface area contributed by atoms with Crippen LogP contribution in [-0.4, -0.2) is 38.3 Å². The van der Waals surface area contributed by atoms with Crippen LogP contribution in [0.5, 0.6) is 5.75 Å². The molecule has 0 spiro atoms. The molecule has 7 heteroatoms. The van der Waals surface area contributed by atoms with Crippen molar-refractivity contribution in [1.29, 1.82) is 0 Å². The minimum atomic E-state index is -3.54. The molecule has 1 aliphatic heterocycles. The molecular weight excluding hydrogens is 364 g/mol. The molecule has 2 aromatic rings. The molecule has 144 valence electrons. The molecule has 1 heterocycles. The molecule has 1 fully saturated rings. The van der Waals surface area contributed by atoms with Crippen LogP contribution < -0.4 is 10.1 Å². The molecule has 0 aliphatic carbocycles. The highest BCUT2D eigenvalue weighted by atomic mass is 32.2. The van der Waals surface area contributed by atoms with Crippen molar-refractivity contribution in [3.05, 3.63) is 59.7 Å². The predicted molar refractivity (Wildman–Crippen MR) is 103 cm³/mol. The Morgan fingerprint density at radius 3 is 2.59 bits per heavy atom. The first kappa shape index (κ1) is 19.4. The molecule has 6 nitrogen and oxygen atoms in total. The third-order valence-electron chi connectivity index (χ3n) is 4.46. The van der Waals surface area contributed by atoms with Crippen molar-refractivity contribution in [2.45, 2.75) is 31.2 Å². The van der Waals surface area contributed by atoms with E-state index in [0.29, 0.717) is 31.8 Å². The van der Waals surface area contributed by atoms with Crippen LogP contribution >= 0.6 is 0 Å². The van der Waals surface area contributed by atoms with Gasteiger partial charge in [0, 0.05) is 25.2 Å². The normalized spacial score (nSPS) is 14.9. The monoisotopic (exact) mass is 388 g/mol. The number of amides is 1. The number of benzene rings is 2. The van der Waals surface area contributed by atoms with Crippen LogP contribution in [0.4, 0.5) is 0 Å². The van der Waals surface area contributed by atoms with Gasteiger partial charge in [0.15, 0.2) is 0 Å². The van der Waals surface area contributed by atoms with Crippen LogP contribution in [0.1, 0.15) is 35.7 Å². The number of rotatable bonds is 7. The fourth-order valence-corrected chi connectivity index (χ4v) is 4.64. The van der Waals surface area contributed by atoms with Crippen LogP contribution in [0.25, 0.3) is 0 Å². The van der Waals surface area contributed by atoms with Gasteiger partial charge in [-0.15, -0.1) is 0 Å². The largest absolute Gasteiger partial charge is 0.494 e. The van der Waals surface area contributed by atoms with Crippen molar-refractivity contribution in [3.63, 3.8) is 0 Å². The van der Waals surface area contributed by atoms with Crippen molar-refractivity contribution in [2.24, 2.45) is 0 Å². The van der Waals surface area contributed by atoms with Gasteiger partial charge in [-0.1, -0.05) is 18.2 Å². The quantitative estimate of drug-likeness (QED) is 0.791. The van der Waals surface area contributed by atoms with E-state index >= 15 is 0 Å². The highest BCUT2D eigenvalue weighted by Gasteiger charge is 2.27. The van der Waals surface area contributed by atoms with Gasteiger partial charge in [0.2, 0.25) is 10.0 Å². The van der Waals surface area contributed by atoms with Crippen molar-refractivity contribution in [3.8, 4) is 5.75 Å². The highest BCUT2D eigenvalue weighted by molar-refractivity contribution is 7.89. The lowest BCUT2D eigenvalue weighted by atomic mass is 10.2. The maximum absolute atomic E-state index is 12.7. The molecule has 1 aliphatic rings. The Kier molecular flexibility index (Phi) is 6.13. The summed E-state index contributed by atoms with van der Waals surface area (Å²) < 4.78 is 32.3. The highest BCUT2D eigenvalue weighted by Crippen LogP contribution is 2.21. The van der Waals surface area contributed by atoms with Crippen molar-refractivity contribution in [1.82, 2.24) is 9.62 Å². The second kappa shape index (κ2) is 8.54. The zero-order valence-corrected chi connectivity index (χ0v) is 16.2. The summed E-state index contributed by atoms with van der Waals surface area (Å²) in [7, 11) is -3.54. The van der Waals surface area contributed by atoms with Crippen LogP contribution in [0.15, 0.2) is 53.4 Å². The van der Waals surface area contributed by atoms with Gasteiger partial charge in [-0.3, -0.25) is 4.79 Å². The lowest BCUT2D eigenvalue weighted by Crippen LogP contribution is -2.28. The Labute approximate surface area is 160 Å². The van der Waals surface area contributed by atoms with Gasteiger partial charge in [-0.25, -0.2) is 8.42 Å². The minimum Gasteiger partial charge on any atom is -0.494 e. The van der Waals surface area contributed by atoms with E-state index in [4.69, 9.17) is 4.74 Å². The minimum absolute atomic E-state index is 0.162. The SMILES string of the molecule is CCOc1cccc(CNC(=O)c2cccc(S(=O)(=O)N3CCCC3)c2)c1. The Hall–Kier alpha value is -2.38. The molecule has 3 rings (SSSR count). The van der Waals surface area contributed by atoms with Crippen molar-refractivity contribution in [2.75, 3.05) is 19.7 Å². The fraction of sp³-hybridized carbons (Fsp3) is 0.350. The lowest BCUT2D eigenvalue weighted by Gasteiger charge is -2.16. The summed E-state index contributed by atoms with van der Waals surface area (Å²) in [5.74, 6) is 0.443. The van der Waals surface area contributed by atoms with Gasteiger partial charge in [0.1, 0.15) is 5.75 Å². The Bertz CT molecular complexity index is 906. The maximum atomic E-state index is 12.7. The third kappa shape index (κ3) is 4.67. The summed E-state index contributed by atoms with van der Waals surface area (Å²) in [5.41, 5.74) is 1.24. The third-order valence-corrected chi connectivity index (χ3v) is 6.36. The first-order valence-corrected chi connectivity index (χ1v) is 10.5. The molecule has 0 atom stereocenters. The first-order valence-electron chi connectivity index (χ1n) is 9.11. The first-order chi connectivity index (χ1) is 13.0. The van der Waals surface area contributed by atoms with Gasteiger partial charge in [0.05, 0.1) is 11.5 Å².